The number of fused-ring (bicyclic) bond motifs is 1. The van der Waals surface area contributed by atoms with Crippen LogP contribution < -0.4 is 5.73 Å². The molecule has 0 aliphatic carbocycles. The van der Waals surface area contributed by atoms with E-state index in [2.05, 4.69) is 23.9 Å². The van der Waals surface area contributed by atoms with Gasteiger partial charge in [-0.05, 0) is 13.0 Å². The normalized spacial score (nSPS) is 13.7. The lowest BCUT2D eigenvalue weighted by molar-refractivity contribution is 0.764. The van der Waals surface area contributed by atoms with Gasteiger partial charge in [0.2, 0.25) is 0 Å². The van der Waals surface area contributed by atoms with E-state index in [9.17, 15) is 0 Å². The summed E-state index contributed by atoms with van der Waals surface area (Å²) in [5.74, 6) is 1.20. The zero-order chi connectivity index (χ0) is 11.0. The number of hydrogen-bond donors (Lipinski definition) is 1. The number of hydrogen-bond acceptors (Lipinski definition) is 3. The van der Waals surface area contributed by atoms with Crippen molar-refractivity contribution in [2.45, 2.75) is 32.7 Å². The molecule has 0 bridgehead atoms. The molecular weight excluding hydrogens is 188 g/mol. The van der Waals surface area contributed by atoms with Crippen LogP contribution >= 0.6 is 0 Å². The highest BCUT2D eigenvalue weighted by Gasteiger charge is 2.12. The van der Waals surface area contributed by atoms with Gasteiger partial charge in [-0.15, -0.1) is 0 Å². The molecule has 0 amide bonds. The highest BCUT2D eigenvalue weighted by molar-refractivity contribution is 5.48. The van der Waals surface area contributed by atoms with Crippen molar-refractivity contribution in [1.29, 1.82) is 0 Å². The standard InChI is InChI=1S/C11H16N4/c1-7(2)10-13-11-9(8(3)12)5-4-6-15(11)14-10/h4-8H,12H2,1-3H3. The van der Waals surface area contributed by atoms with E-state index in [0.29, 0.717) is 5.92 Å². The minimum absolute atomic E-state index is 0.0158. The van der Waals surface area contributed by atoms with Gasteiger partial charge < -0.3 is 5.73 Å². The average Bonchev–Trinajstić information content (AvgIpc) is 2.60. The maximum atomic E-state index is 5.88. The molecule has 0 aliphatic heterocycles. The van der Waals surface area contributed by atoms with Crippen LogP contribution in [0.5, 0.6) is 0 Å². The Morgan fingerprint density at radius 2 is 2.07 bits per heavy atom. The van der Waals surface area contributed by atoms with Gasteiger partial charge in [0.25, 0.3) is 0 Å². The third-order valence-electron chi connectivity index (χ3n) is 2.42. The van der Waals surface area contributed by atoms with Crippen molar-refractivity contribution in [2.75, 3.05) is 0 Å². The van der Waals surface area contributed by atoms with Crippen molar-refractivity contribution >= 4 is 5.65 Å². The molecule has 80 valence electrons. The Bertz CT molecular complexity index is 470. The Hall–Kier alpha value is -1.42. The van der Waals surface area contributed by atoms with Gasteiger partial charge in [0.1, 0.15) is 0 Å². The van der Waals surface area contributed by atoms with Crippen LogP contribution in [0.15, 0.2) is 18.3 Å². The largest absolute Gasteiger partial charge is 0.324 e. The van der Waals surface area contributed by atoms with Crippen LogP contribution in [0.3, 0.4) is 0 Å². The Morgan fingerprint density at radius 1 is 1.33 bits per heavy atom. The van der Waals surface area contributed by atoms with Crippen molar-refractivity contribution in [1.82, 2.24) is 14.6 Å². The zero-order valence-corrected chi connectivity index (χ0v) is 9.31. The van der Waals surface area contributed by atoms with Gasteiger partial charge in [-0.1, -0.05) is 19.9 Å². The highest BCUT2D eigenvalue weighted by Crippen LogP contribution is 2.17. The molecule has 2 aromatic heterocycles. The lowest BCUT2D eigenvalue weighted by atomic mass is 10.1. The summed E-state index contributed by atoms with van der Waals surface area (Å²) in [5, 5.41) is 4.41. The van der Waals surface area contributed by atoms with Gasteiger partial charge in [0.15, 0.2) is 11.5 Å². The molecular formula is C11H16N4. The maximum absolute atomic E-state index is 5.88. The van der Waals surface area contributed by atoms with Gasteiger partial charge in [-0.2, -0.15) is 5.10 Å². The van der Waals surface area contributed by atoms with Crippen LogP contribution in [0.25, 0.3) is 5.65 Å². The van der Waals surface area contributed by atoms with Crippen LogP contribution in [-0.4, -0.2) is 14.6 Å². The second kappa shape index (κ2) is 3.62. The zero-order valence-electron chi connectivity index (χ0n) is 9.31. The molecule has 1 unspecified atom stereocenters. The summed E-state index contributed by atoms with van der Waals surface area (Å²) in [7, 11) is 0. The van der Waals surface area contributed by atoms with E-state index in [-0.39, 0.29) is 6.04 Å². The molecule has 1 atom stereocenters. The molecule has 0 aromatic carbocycles. The molecule has 2 rings (SSSR count). The first-order chi connectivity index (χ1) is 7.09. The summed E-state index contributed by atoms with van der Waals surface area (Å²) >= 11 is 0. The minimum Gasteiger partial charge on any atom is -0.324 e. The van der Waals surface area contributed by atoms with Crippen LogP contribution in [0.1, 0.15) is 44.1 Å². The Labute approximate surface area is 89.1 Å². The summed E-state index contributed by atoms with van der Waals surface area (Å²) in [5.41, 5.74) is 7.79. The number of rotatable bonds is 2. The number of pyridine rings is 1. The second-order valence-corrected chi connectivity index (χ2v) is 4.15. The molecule has 0 spiro atoms. The summed E-state index contributed by atoms with van der Waals surface area (Å²) in [4.78, 5) is 4.51. The predicted molar refractivity (Wildman–Crippen MR) is 59.7 cm³/mol. The summed E-state index contributed by atoms with van der Waals surface area (Å²) in [6, 6.07) is 3.93. The topological polar surface area (TPSA) is 56.2 Å². The third-order valence-corrected chi connectivity index (χ3v) is 2.42. The van der Waals surface area contributed by atoms with Crippen molar-refractivity contribution in [3.05, 3.63) is 29.7 Å². The maximum Gasteiger partial charge on any atom is 0.160 e. The predicted octanol–water partition coefficient (Wildman–Crippen LogP) is 1.87. The molecule has 0 saturated carbocycles. The fourth-order valence-electron chi connectivity index (χ4n) is 1.54. The Morgan fingerprint density at radius 3 is 2.67 bits per heavy atom. The second-order valence-electron chi connectivity index (χ2n) is 4.15. The van der Waals surface area contributed by atoms with Gasteiger partial charge in [-0.3, -0.25) is 0 Å². The number of nitrogens with zero attached hydrogens (tertiary/aromatic N) is 3. The van der Waals surface area contributed by atoms with Crippen molar-refractivity contribution < 1.29 is 0 Å². The van der Waals surface area contributed by atoms with E-state index in [1.807, 2.05) is 25.3 Å². The quantitative estimate of drug-likeness (QED) is 0.812. The lowest BCUT2D eigenvalue weighted by Crippen LogP contribution is -2.07. The molecule has 2 heterocycles. The van der Waals surface area contributed by atoms with E-state index in [4.69, 9.17) is 5.73 Å². The summed E-state index contributed by atoms with van der Waals surface area (Å²) < 4.78 is 1.80. The summed E-state index contributed by atoms with van der Waals surface area (Å²) in [6.45, 7) is 6.12. The fourth-order valence-corrected chi connectivity index (χ4v) is 1.54. The van der Waals surface area contributed by atoms with Gasteiger partial charge in [0, 0.05) is 23.7 Å². The van der Waals surface area contributed by atoms with Crippen LogP contribution in [0.2, 0.25) is 0 Å². The van der Waals surface area contributed by atoms with E-state index < -0.39 is 0 Å². The van der Waals surface area contributed by atoms with Crippen LogP contribution in [-0.2, 0) is 0 Å². The van der Waals surface area contributed by atoms with Gasteiger partial charge in [0.05, 0.1) is 0 Å². The molecule has 4 nitrogen and oxygen atoms in total. The van der Waals surface area contributed by atoms with E-state index in [1.54, 1.807) is 4.52 Å². The molecule has 2 N–H and O–H groups in total. The van der Waals surface area contributed by atoms with E-state index in [1.165, 1.54) is 0 Å². The van der Waals surface area contributed by atoms with Crippen LogP contribution in [0.4, 0.5) is 0 Å². The number of nitrogens with two attached hydrogens (primary N) is 1. The van der Waals surface area contributed by atoms with E-state index in [0.717, 1.165) is 17.0 Å². The van der Waals surface area contributed by atoms with Crippen molar-refractivity contribution in [3.63, 3.8) is 0 Å². The first-order valence-corrected chi connectivity index (χ1v) is 5.20. The van der Waals surface area contributed by atoms with Crippen molar-refractivity contribution in [3.8, 4) is 0 Å². The number of aromatic nitrogens is 3. The monoisotopic (exact) mass is 204 g/mol. The average molecular weight is 204 g/mol. The molecule has 2 aromatic rings. The molecule has 15 heavy (non-hydrogen) atoms. The molecule has 0 saturated heterocycles. The smallest absolute Gasteiger partial charge is 0.160 e. The van der Waals surface area contributed by atoms with Crippen LogP contribution in [0, 0.1) is 0 Å². The molecule has 0 radical (unpaired) electrons. The Balaban J connectivity index is 2.64. The van der Waals surface area contributed by atoms with E-state index >= 15 is 0 Å². The lowest BCUT2D eigenvalue weighted by Gasteiger charge is -2.05. The first kappa shape index (κ1) is 10.1. The SMILES string of the molecule is CC(C)c1nc2c(C(C)N)cccn2n1. The molecule has 0 fully saturated rings. The van der Waals surface area contributed by atoms with Gasteiger partial charge in [-0.25, -0.2) is 9.50 Å². The highest BCUT2D eigenvalue weighted by atomic mass is 15.3. The van der Waals surface area contributed by atoms with Gasteiger partial charge >= 0.3 is 0 Å². The molecule has 0 aliphatic rings. The molecule has 4 heteroatoms. The first-order valence-electron chi connectivity index (χ1n) is 5.20. The Kier molecular flexibility index (Phi) is 2.44. The fraction of sp³-hybridized carbons (Fsp3) is 0.455. The summed E-state index contributed by atoms with van der Waals surface area (Å²) in [6.07, 6.45) is 1.90. The van der Waals surface area contributed by atoms with Crippen molar-refractivity contribution in [2.24, 2.45) is 5.73 Å². The third kappa shape index (κ3) is 1.72. The minimum atomic E-state index is -0.0158.